The summed E-state index contributed by atoms with van der Waals surface area (Å²) < 4.78 is 10.5. The molecule has 2 heterocycles. The summed E-state index contributed by atoms with van der Waals surface area (Å²) in [7, 11) is 4.20. The number of rotatable bonds is 58. The first kappa shape index (κ1) is 107. The van der Waals surface area contributed by atoms with Crippen molar-refractivity contribution in [3.63, 3.8) is 0 Å². The number of ketones is 3. The van der Waals surface area contributed by atoms with Gasteiger partial charge in [0.25, 0.3) is 5.91 Å². The molecule has 120 heavy (non-hydrogen) atoms. The zero-order valence-corrected chi connectivity index (χ0v) is 72.8. The lowest BCUT2D eigenvalue weighted by molar-refractivity contribution is -0.192. The molecule has 34 nitrogen and oxygen atoms in total. The molecular formula is C83H123N9O25S3. The number of carbonyl (C=O) groups is 15. The molecule has 0 radical (unpaired) electrons. The lowest BCUT2D eigenvalue weighted by Crippen LogP contribution is -2.50. The van der Waals surface area contributed by atoms with Crippen molar-refractivity contribution < 1.29 is 122 Å². The van der Waals surface area contributed by atoms with Gasteiger partial charge in [0.1, 0.15) is 29.9 Å². The molecule has 5 amide bonds. The zero-order valence-electron chi connectivity index (χ0n) is 70.3. The maximum absolute atomic E-state index is 14.7. The summed E-state index contributed by atoms with van der Waals surface area (Å²) in [6, 6.07) is 9.56. The third-order valence-corrected chi connectivity index (χ3v) is 23.5. The number of aromatic hydroxyl groups is 1. The van der Waals surface area contributed by atoms with Crippen LogP contribution < -0.4 is 32.1 Å². The van der Waals surface area contributed by atoms with Crippen LogP contribution in [-0.4, -0.2) is 222 Å². The van der Waals surface area contributed by atoms with E-state index in [1.54, 1.807) is 58.8 Å². The fraction of sp³-hybridized carbons (Fsp3) is 0.627. The maximum atomic E-state index is 14.7. The average Bonchev–Trinajstić information content (AvgIpc) is 1.38. The normalized spacial score (nSPS) is 15.0. The Bertz CT molecular complexity index is 3800. The number of phenolic OH excluding ortho intramolecular Hbond substituents is 1. The van der Waals surface area contributed by atoms with Crippen molar-refractivity contribution in [2.24, 2.45) is 35.5 Å². The fourth-order valence-corrected chi connectivity index (χ4v) is 16.0. The highest BCUT2D eigenvalue weighted by molar-refractivity contribution is 8.76. The highest BCUT2D eigenvalue weighted by Gasteiger charge is 2.40. The Morgan fingerprint density at radius 2 is 1.33 bits per heavy atom. The largest absolute Gasteiger partial charge is 0.508 e. The zero-order chi connectivity index (χ0) is 90.0. The predicted octanol–water partition coefficient (Wildman–Crippen LogP) is 8.34. The number of hydrazine groups is 1. The first-order valence-corrected chi connectivity index (χ1v) is 43.9. The third kappa shape index (κ3) is 43.6. The number of ether oxygens (including phenoxy) is 2. The van der Waals surface area contributed by atoms with Crippen molar-refractivity contribution in [2.45, 2.75) is 246 Å². The standard InChI is InChI=1S/C44H69N5O7S.C38H54N4O16S2.CO2/c1-10-15-40(52)56-27-49(44(55)35(29(6)11-2)25-39(51)37-16-13-14-21-48(37)9)38(28(4)5)23-31(8)43-47-36(26-57-43)42(54)46-33(22-30(7)41(53)45-12-3)24-32-17-19-34(50)20-18-32;1-23(43)58-14-15-59-60-22-30(38(56)57)42-36(53)27(19-34(49)50)18-31(45)29(20-35(51)52)41-32(46)16-24-9-11-25(12-10-24)21-40-39-13-5-4-6-26(37(54)55)17-28(44)7-2-3-8-33(47)48;2-1-3/h17-20,26,28-31,33,35,37-38,50H,10-16,21-25,27H2,1-9H3,(H,45,53)(H,46,54);9-12,26-27,29-30,39-40H,2-8,13-22H2,1H3,(H,41,46)(H,42,53)(H,47,48)(H,49,50)(H,51,52)(H,54,55)(H,56,57);/t29?,30-,31+,33+,35-,37+,38+;26-,27+,29+,30+;/m01./s1. The molecule has 1 saturated heterocycles. The number of likely N-dealkylation sites (tertiary alicyclic amines) is 1. The van der Waals surface area contributed by atoms with Gasteiger partial charge >= 0.3 is 47.9 Å². The number of aromatic nitrogens is 1. The Hall–Kier alpha value is -9.52. The molecule has 668 valence electrons. The summed E-state index contributed by atoms with van der Waals surface area (Å²) in [6.07, 6.45) is 5.70. The van der Waals surface area contributed by atoms with E-state index in [0.717, 1.165) is 59.2 Å². The topological polar surface area (TPSA) is 522 Å². The van der Waals surface area contributed by atoms with Crippen LogP contribution in [0, 0.1) is 35.5 Å². The molecule has 1 fully saturated rings. The molecular weight excluding hydrogens is 1620 g/mol. The molecule has 4 rings (SSSR count). The number of carboxylic acids is 5. The number of Topliss-reactive ketones (excluding diaryl/α,β-unsaturated/α-hetero) is 3. The summed E-state index contributed by atoms with van der Waals surface area (Å²) in [6.45, 7) is 19.2. The molecule has 0 saturated carbocycles. The Kier molecular flexibility index (Phi) is 52.6. The van der Waals surface area contributed by atoms with Crippen LogP contribution >= 0.6 is 32.9 Å². The van der Waals surface area contributed by atoms with Crippen molar-refractivity contribution >= 4 is 128 Å². The highest BCUT2D eigenvalue weighted by Crippen LogP contribution is 2.34. The molecule has 0 bridgehead atoms. The van der Waals surface area contributed by atoms with Gasteiger partial charge in [0.05, 0.1) is 48.2 Å². The van der Waals surface area contributed by atoms with E-state index >= 15 is 0 Å². The first-order chi connectivity index (χ1) is 56.9. The van der Waals surface area contributed by atoms with Crippen LogP contribution in [0.1, 0.15) is 229 Å². The van der Waals surface area contributed by atoms with E-state index in [4.69, 9.17) is 29.2 Å². The van der Waals surface area contributed by atoms with Gasteiger partial charge in [0.15, 0.2) is 18.3 Å². The molecule has 3 aromatic rings. The molecule has 1 aliphatic rings. The number of esters is 2. The second-order valence-corrected chi connectivity index (χ2v) is 33.7. The van der Waals surface area contributed by atoms with Gasteiger partial charge in [0.2, 0.25) is 23.6 Å². The molecule has 1 aromatic heterocycles. The Morgan fingerprint density at radius 1 is 0.683 bits per heavy atom. The van der Waals surface area contributed by atoms with Gasteiger partial charge in [-0.25, -0.2) is 9.78 Å². The number of hydrogen-bond acceptors (Lipinski definition) is 27. The molecule has 0 aliphatic carbocycles. The van der Waals surface area contributed by atoms with Crippen LogP contribution in [-0.2, 0) is 106 Å². The highest BCUT2D eigenvalue weighted by atomic mass is 33.1. The summed E-state index contributed by atoms with van der Waals surface area (Å²) in [4.78, 5) is 211. The van der Waals surface area contributed by atoms with Crippen molar-refractivity contribution in [3.8, 4) is 5.75 Å². The van der Waals surface area contributed by atoms with E-state index in [2.05, 4.69) is 37.0 Å². The molecule has 12 N–H and O–H groups in total. The number of carbonyl (C=O) groups excluding carboxylic acids is 12. The Balaban J connectivity index is 0.000000788. The number of piperidine rings is 1. The number of thiazole rings is 1. The molecule has 1 aliphatic heterocycles. The van der Waals surface area contributed by atoms with Crippen LogP contribution in [0.2, 0.25) is 0 Å². The molecule has 37 heteroatoms. The Labute approximate surface area is 712 Å². The average molecular weight is 1740 g/mol. The minimum Gasteiger partial charge on any atom is -0.508 e. The maximum Gasteiger partial charge on any atom is 0.373 e. The van der Waals surface area contributed by atoms with E-state index in [1.165, 1.54) is 29.1 Å². The summed E-state index contributed by atoms with van der Waals surface area (Å²) in [5, 5.41) is 69.3. The minimum atomic E-state index is -1.62. The second-order valence-electron chi connectivity index (χ2n) is 30.2. The number of unbranched alkanes of at least 4 members (excludes halogenated alkanes) is 2. The molecule has 11 atom stereocenters. The minimum absolute atomic E-state index is 0.0191. The number of nitrogens with one attached hydrogen (secondary N) is 6. The number of hydrogen-bond donors (Lipinski definition) is 12. The van der Waals surface area contributed by atoms with E-state index in [9.17, 15) is 97.5 Å². The third-order valence-electron chi connectivity index (χ3n) is 20.0. The van der Waals surface area contributed by atoms with Gasteiger partial charge < -0.3 is 66.3 Å². The number of carboxylic acid groups (broad SMARTS) is 5. The van der Waals surface area contributed by atoms with E-state index in [0.29, 0.717) is 88.7 Å². The predicted molar refractivity (Wildman–Crippen MR) is 446 cm³/mol. The summed E-state index contributed by atoms with van der Waals surface area (Å²) in [5.74, 6) is -13.8. The number of nitrogens with zero attached hydrogens (tertiary/aromatic N) is 3. The lowest BCUT2D eigenvalue weighted by atomic mass is 9.82. The van der Waals surface area contributed by atoms with E-state index in [1.807, 2.05) is 62.4 Å². The number of aliphatic carboxylic acids is 5. The van der Waals surface area contributed by atoms with Gasteiger partial charge in [-0.2, -0.15) is 9.59 Å². The smallest absolute Gasteiger partial charge is 0.373 e. The molecule has 0 spiro atoms. The number of benzene rings is 2. The number of amides is 5. The lowest BCUT2D eigenvalue weighted by Gasteiger charge is -2.39. The second kappa shape index (κ2) is 59.2. The van der Waals surface area contributed by atoms with Crippen molar-refractivity contribution in [2.75, 3.05) is 51.5 Å². The Morgan fingerprint density at radius 3 is 1.93 bits per heavy atom. The van der Waals surface area contributed by atoms with Gasteiger partial charge in [-0.3, -0.25) is 82.9 Å². The SMILES string of the molecule is CC(=O)OCCSSC[C@H](NC(=O)[C@H](CC(=O)O)CC(=O)[C@H](CC(=O)O)NC(=O)Cc1ccc(CNNCCCC[C@H](CC(=O)CCCCC(=O)O)C(=O)O)cc1)C(=O)O.CCCC(=O)OCN(C(=O)[C@@H](CC(=O)[C@H]1CCCCN1C)C(C)CC)[C@H](C[C@@H](C)c1nc(C(=O)N[C@@H](Cc2ccc(O)cc2)C[C@H](C)C(=O)NCC)cs1)C(C)C.O=C=O. The van der Waals surface area contributed by atoms with Crippen LogP contribution in [0.4, 0.5) is 0 Å². The number of likely N-dealkylation sites (N-methyl/N-ethyl adjacent to an activating group) is 1. The molecule has 2 aromatic carbocycles. The van der Waals surface area contributed by atoms with Gasteiger partial charge in [-0.15, -0.1) is 11.3 Å². The van der Waals surface area contributed by atoms with Crippen LogP contribution in [0.25, 0.3) is 0 Å². The quantitative estimate of drug-likeness (QED) is 0.00830. The van der Waals surface area contributed by atoms with Crippen LogP contribution in [0.5, 0.6) is 5.75 Å². The van der Waals surface area contributed by atoms with Crippen molar-refractivity contribution in [3.05, 3.63) is 81.3 Å². The van der Waals surface area contributed by atoms with Gasteiger partial charge in [-0.05, 0) is 125 Å². The van der Waals surface area contributed by atoms with Crippen LogP contribution in [0.15, 0.2) is 53.9 Å². The van der Waals surface area contributed by atoms with E-state index < -0.39 is 103 Å². The monoisotopic (exact) mass is 1740 g/mol. The summed E-state index contributed by atoms with van der Waals surface area (Å²) >= 11 is 1.38. The van der Waals surface area contributed by atoms with Crippen molar-refractivity contribution in [1.29, 1.82) is 0 Å². The van der Waals surface area contributed by atoms with Gasteiger partial charge in [-0.1, -0.05) is 126 Å². The van der Waals surface area contributed by atoms with E-state index in [-0.39, 0.29) is 152 Å². The van der Waals surface area contributed by atoms with Crippen LogP contribution in [0.3, 0.4) is 0 Å². The van der Waals surface area contributed by atoms with Crippen molar-refractivity contribution in [1.82, 2.24) is 46.9 Å². The molecule has 1 unspecified atom stereocenters. The summed E-state index contributed by atoms with van der Waals surface area (Å²) in [5.41, 5.74) is 8.57. The fourth-order valence-electron chi connectivity index (χ4n) is 13.2. The van der Waals surface area contributed by atoms with Gasteiger partial charge in [0, 0.05) is 112 Å². The number of phenols is 1. The first-order valence-electron chi connectivity index (χ1n) is 40.5.